The number of nitrogens with one attached hydrogen (secondary N) is 1. The maximum absolute atomic E-state index is 12.2. The summed E-state index contributed by atoms with van der Waals surface area (Å²) in [6.07, 6.45) is 1.58. The molecule has 0 saturated carbocycles. The molecule has 0 radical (unpaired) electrons. The van der Waals surface area contributed by atoms with E-state index in [0.717, 1.165) is 6.42 Å². The highest BCUT2D eigenvalue weighted by Gasteiger charge is 2.24. The van der Waals surface area contributed by atoms with Crippen molar-refractivity contribution in [2.24, 2.45) is 5.10 Å². The number of carbonyl (C=O) groups is 2. The van der Waals surface area contributed by atoms with Crippen molar-refractivity contribution in [1.29, 1.82) is 0 Å². The quantitative estimate of drug-likeness (QED) is 0.905. The lowest BCUT2D eigenvalue weighted by Gasteiger charge is -2.26. The summed E-state index contributed by atoms with van der Waals surface area (Å²) in [7, 11) is 1.78. The number of nitrogens with zero attached hydrogens (tertiary/aromatic N) is 2. The van der Waals surface area contributed by atoms with E-state index in [4.69, 9.17) is 0 Å². The van der Waals surface area contributed by atoms with Crippen molar-refractivity contribution < 1.29 is 9.59 Å². The third kappa shape index (κ3) is 3.41. The maximum Gasteiger partial charge on any atom is 0.270 e. The Morgan fingerprint density at radius 3 is 2.95 bits per heavy atom. The van der Waals surface area contributed by atoms with Gasteiger partial charge in [0.15, 0.2) is 0 Å². The summed E-state index contributed by atoms with van der Waals surface area (Å²) in [6, 6.07) is 4.18. The monoisotopic (exact) mass is 279 g/mol. The van der Waals surface area contributed by atoms with Crippen LogP contribution in [0.15, 0.2) is 22.6 Å². The highest BCUT2D eigenvalue weighted by atomic mass is 32.1. The third-order valence-corrected chi connectivity index (χ3v) is 4.11. The molecule has 0 spiro atoms. The molecule has 1 aliphatic heterocycles. The van der Waals surface area contributed by atoms with E-state index in [2.05, 4.69) is 16.6 Å². The average molecular weight is 279 g/mol. The molecular weight excluding hydrogens is 262 g/mol. The Bertz CT molecular complexity index is 496. The van der Waals surface area contributed by atoms with Crippen molar-refractivity contribution in [1.82, 2.24) is 10.3 Å². The summed E-state index contributed by atoms with van der Waals surface area (Å²) in [5.74, 6) is -0.241. The van der Waals surface area contributed by atoms with Gasteiger partial charge in [0.2, 0.25) is 5.91 Å². The van der Waals surface area contributed by atoms with Crippen LogP contribution in [0.1, 0.15) is 24.6 Å². The Hall–Kier alpha value is -1.69. The van der Waals surface area contributed by atoms with Crippen LogP contribution in [-0.4, -0.2) is 35.5 Å². The summed E-state index contributed by atoms with van der Waals surface area (Å²) >= 11 is 1.69. The highest BCUT2D eigenvalue weighted by Crippen LogP contribution is 2.14. The van der Waals surface area contributed by atoms with Crippen LogP contribution in [0.5, 0.6) is 0 Å². The molecule has 19 heavy (non-hydrogen) atoms. The number of amides is 2. The van der Waals surface area contributed by atoms with Gasteiger partial charge in [-0.25, -0.2) is 5.43 Å². The first-order chi connectivity index (χ1) is 9.08. The molecule has 0 saturated heterocycles. The lowest BCUT2D eigenvalue weighted by Crippen LogP contribution is -2.43. The van der Waals surface area contributed by atoms with Gasteiger partial charge in [-0.15, -0.1) is 11.3 Å². The minimum atomic E-state index is -0.133. The second-order valence-electron chi connectivity index (χ2n) is 4.64. The van der Waals surface area contributed by atoms with Crippen LogP contribution in [0.4, 0.5) is 0 Å². The second kappa shape index (κ2) is 5.97. The number of rotatable bonds is 4. The van der Waals surface area contributed by atoms with Crippen molar-refractivity contribution in [3.8, 4) is 0 Å². The molecule has 0 aromatic carbocycles. The summed E-state index contributed by atoms with van der Waals surface area (Å²) in [5.41, 5.74) is 2.79. The Morgan fingerprint density at radius 1 is 1.58 bits per heavy atom. The molecule has 102 valence electrons. The number of carbonyl (C=O) groups excluding carboxylic acids is 2. The zero-order valence-corrected chi connectivity index (χ0v) is 11.9. The van der Waals surface area contributed by atoms with E-state index in [-0.39, 0.29) is 17.9 Å². The zero-order valence-electron chi connectivity index (χ0n) is 11.0. The molecule has 1 atom stereocenters. The number of hydrogen-bond acceptors (Lipinski definition) is 4. The van der Waals surface area contributed by atoms with Gasteiger partial charge in [-0.05, 0) is 18.4 Å². The van der Waals surface area contributed by atoms with Crippen LogP contribution < -0.4 is 5.43 Å². The van der Waals surface area contributed by atoms with Gasteiger partial charge in [0.25, 0.3) is 5.91 Å². The van der Waals surface area contributed by atoms with Gasteiger partial charge in [0.1, 0.15) is 5.71 Å². The zero-order chi connectivity index (χ0) is 13.8. The van der Waals surface area contributed by atoms with E-state index in [9.17, 15) is 9.59 Å². The molecule has 2 heterocycles. The predicted molar refractivity (Wildman–Crippen MR) is 75.1 cm³/mol. The van der Waals surface area contributed by atoms with Gasteiger partial charge in [0, 0.05) is 37.2 Å². The van der Waals surface area contributed by atoms with E-state index in [1.165, 1.54) is 4.88 Å². The summed E-state index contributed by atoms with van der Waals surface area (Å²) in [6.45, 7) is 2.01. The fraction of sp³-hybridized carbons (Fsp3) is 0.462. The lowest BCUT2D eigenvalue weighted by atomic mass is 10.1. The minimum Gasteiger partial charge on any atom is -0.338 e. The van der Waals surface area contributed by atoms with E-state index < -0.39 is 0 Å². The topological polar surface area (TPSA) is 61.8 Å². The summed E-state index contributed by atoms with van der Waals surface area (Å²) < 4.78 is 0. The fourth-order valence-corrected chi connectivity index (χ4v) is 2.72. The first kappa shape index (κ1) is 13.7. The molecule has 0 fully saturated rings. The van der Waals surface area contributed by atoms with Gasteiger partial charge in [0.05, 0.1) is 0 Å². The third-order valence-electron chi connectivity index (χ3n) is 3.21. The molecule has 0 bridgehead atoms. The number of thiophene rings is 1. The first-order valence-corrected chi connectivity index (χ1v) is 7.11. The van der Waals surface area contributed by atoms with Crippen LogP contribution in [0.25, 0.3) is 0 Å². The Morgan fingerprint density at radius 2 is 2.37 bits per heavy atom. The van der Waals surface area contributed by atoms with E-state index in [1.807, 2.05) is 18.4 Å². The predicted octanol–water partition coefficient (Wildman–Crippen LogP) is 1.40. The summed E-state index contributed by atoms with van der Waals surface area (Å²) in [4.78, 5) is 26.2. The maximum atomic E-state index is 12.2. The van der Waals surface area contributed by atoms with Crippen LogP contribution in [0.3, 0.4) is 0 Å². The largest absolute Gasteiger partial charge is 0.338 e. The van der Waals surface area contributed by atoms with Crippen molar-refractivity contribution in [2.75, 3.05) is 7.05 Å². The number of hydrazone groups is 1. The van der Waals surface area contributed by atoms with Gasteiger partial charge >= 0.3 is 0 Å². The van der Waals surface area contributed by atoms with Gasteiger partial charge < -0.3 is 4.90 Å². The van der Waals surface area contributed by atoms with Gasteiger partial charge in [-0.2, -0.15) is 5.10 Å². The van der Waals surface area contributed by atoms with Gasteiger partial charge in [-0.1, -0.05) is 6.07 Å². The first-order valence-electron chi connectivity index (χ1n) is 6.23. The fourth-order valence-electron chi connectivity index (χ4n) is 1.89. The molecule has 6 heteroatoms. The average Bonchev–Trinajstić information content (AvgIpc) is 2.90. The van der Waals surface area contributed by atoms with Crippen molar-refractivity contribution in [3.63, 3.8) is 0 Å². The smallest absolute Gasteiger partial charge is 0.270 e. The molecule has 2 rings (SSSR count). The van der Waals surface area contributed by atoms with Crippen molar-refractivity contribution >= 4 is 28.9 Å². The standard InChI is InChI=1S/C13H17N3O2S/c1-9(8-10-4-3-7-19-10)16(2)13(18)11-5-6-12(17)15-14-11/h3-4,7,9H,5-6,8H2,1-2H3,(H,15,17). The molecule has 1 N–H and O–H groups in total. The Labute approximate surface area is 116 Å². The number of likely N-dealkylation sites (N-methyl/N-ethyl adjacent to an activating group) is 1. The van der Waals surface area contributed by atoms with Crippen molar-refractivity contribution in [2.45, 2.75) is 32.2 Å². The molecule has 0 aliphatic carbocycles. The highest BCUT2D eigenvalue weighted by molar-refractivity contribution is 7.09. The van der Waals surface area contributed by atoms with Crippen molar-refractivity contribution in [3.05, 3.63) is 22.4 Å². The normalized spacial score (nSPS) is 16.5. The molecule has 1 aromatic rings. The molecule has 1 aromatic heterocycles. The Kier molecular flexibility index (Phi) is 4.31. The van der Waals surface area contributed by atoms with Crippen LogP contribution in [-0.2, 0) is 16.0 Å². The SMILES string of the molecule is CC(Cc1cccs1)N(C)C(=O)C1=NNC(=O)CC1. The molecule has 5 nitrogen and oxygen atoms in total. The van der Waals surface area contributed by atoms with Crippen LogP contribution in [0.2, 0.25) is 0 Å². The van der Waals surface area contributed by atoms with Crippen LogP contribution >= 0.6 is 11.3 Å². The number of hydrogen-bond donors (Lipinski definition) is 1. The minimum absolute atomic E-state index is 0.103. The molecule has 1 aliphatic rings. The van der Waals surface area contributed by atoms with Crippen LogP contribution in [0, 0.1) is 0 Å². The molecule has 1 unspecified atom stereocenters. The van der Waals surface area contributed by atoms with E-state index in [0.29, 0.717) is 18.6 Å². The molecule has 2 amide bonds. The van der Waals surface area contributed by atoms with E-state index in [1.54, 1.807) is 23.3 Å². The lowest BCUT2D eigenvalue weighted by molar-refractivity contribution is -0.125. The second-order valence-corrected chi connectivity index (χ2v) is 5.67. The molecular formula is C13H17N3O2S. The van der Waals surface area contributed by atoms with E-state index >= 15 is 0 Å². The Balaban J connectivity index is 1.96. The van der Waals surface area contributed by atoms with Gasteiger partial charge in [-0.3, -0.25) is 9.59 Å². The summed E-state index contributed by atoms with van der Waals surface area (Å²) in [5, 5.41) is 5.87.